The molecule has 140 valence electrons. The minimum absolute atomic E-state index is 0.296. The Balaban J connectivity index is 1.69. The number of fused-ring (bicyclic) bond motifs is 1. The summed E-state index contributed by atoms with van der Waals surface area (Å²) in [5.74, 6) is 0. The first-order valence-electron chi connectivity index (χ1n) is 10.2. The average molecular weight is 367 g/mol. The smallest absolute Gasteiger partial charge is 0.0654 e. The molecule has 0 unspecified atom stereocenters. The number of aromatic nitrogens is 1. The summed E-state index contributed by atoms with van der Waals surface area (Å²) in [6, 6.07) is 31.1. The van der Waals surface area contributed by atoms with Crippen molar-refractivity contribution in [2.24, 2.45) is 5.41 Å². The molecule has 0 radical (unpaired) electrons. The van der Waals surface area contributed by atoms with E-state index in [9.17, 15) is 0 Å². The van der Waals surface area contributed by atoms with Gasteiger partial charge in [-0.25, -0.2) is 0 Å². The molecule has 5 rings (SSSR count). The van der Waals surface area contributed by atoms with Gasteiger partial charge >= 0.3 is 0 Å². The fourth-order valence-electron chi connectivity index (χ4n) is 4.79. The van der Waals surface area contributed by atoms with Crippen LogP contribution in [0.25, 0.3) is 22.0 Å². The minimum Gasteiger partial charge on any atom is -0.339 e. The van der Waals surface area contributed by atoms with Gasteiger partial charge in [-0.1, -0.05) is 72.8 Å². The molecule has 28 heavy (non-hydrogen) atoms. The van der Waals surface area contributed by atoms with Crippen LogP contribution in [0.5, 0.6) is 0 Å². The predicted molar refractivity (Wildman–Crippen MR) is 118 cm³/mol. The second-order valence-corrected chi connectivity index (χ2v) is 8.03. The Labute approximate surface area is 166 Å². The van der Waals surface area contributed by atoms with Crippen LogP contribution in [0.4, 0.5) is 0 Å². The van der Waals surface area contributed by atoms with Gasteiger partial charge < -0.3 is 9.88 Å². The zero-order valence-corrected chi connectivity index (χ0v) is 16.3. The molecule has 2 nitrogen and oxygen atoms in total. The second kappa shape index (κ2) is 6.96. The van der Waals surface area contributed by atoms with Crippen LogP contribution in [0, 0.1) is 5.41 Å². The molecule has 0 bridgehead atoms. The van der Waals surface area contributed by atoms with Crippen LogP contribution < -0.4 is 5.32 Å². The topological polar surface area (TPSA) is 17.0 Å². The molecule has 1 aromatic heterocycles. The van der Waals surface area contributed by atoms with E-state index in [0.29, 0.717) is 11.5 Å². The van der Waals surface area contributed by atoms with E-state index < -0.39 is 0 Å². The third kappa shape index (κ3) is 2.85. The summed E-state index contributed by atoms with van der Waals surface area (Å²) >= 11 is 0. The summed E-state index contributed by atoms with van der Waals surface area (Å²) in [4.78, 5) is 0. The van der Waals surface area contributed by atoms with E-state index in [1.807, 2.05) is 0 Å². The molecular weight excluding hydrogens is 340 g/mol. The highest BCUT2D eigenvalue weighted by molar-refractivity contribution is 5.95. The van der Waals surface area contributed by atoms with E-state index in [1.54, 1.807) is 0 Å². The second-order valence-electron chi connectivity index (χ2n) is 8.03. The van der Waals surface area contributed by atoms with Gasteiger partial charge in [0.15, 0.2) is 0 Å². The van der Waals surface area contributed by atoms with Crippen molar-refractivity contribution in [3.63, 3.8) is 0 Å². The van der Waals surface area contributed by atoms with Crippen LogP contribution >= 0.6 is 0 Å². The SMILES string of the molecule is CNCC1([C@H](c2ccccc2)n2ccc3c(-c4ccccc4)cccc32)CC1. The number of nitrogens with one attached hydrogen (secondary N) is 1. The molecular formula is C26H26N2. The van der Waals surface area contributed by atoms with Crippen molar-refractivity contribution in [3.8, 4) is 11.1 Å². The van der Waals surface area contributed by atoms with Gasteiger partial charge in [-0.3, -0.25) is 0 Å². The molecule has 1 fully saturated rings. The Bertz CT molecular complexity index is 1080. The highest BCUT2D eigenvalue weighted by atomic mass is 15.0. The van der Waals surface area contributed by atoms with Crippen LogP contribution in [0.15, 0.2) is 91.1 Å². The standard InChI is InChI=1S/C26H26N2/c1-27-19-26(16-17-26)25(21-11-6-3-7-12-21)28-18-15-23-22(13-8-14-24(23)28)20-9-4-2-5-10-20/h2-15,18,25,27H,16-17,19H2,1H3/t25-/m0/s1. The lowest BCUT2D eigenvalue weighted by atomic mass is 9.89. The molecule has 1 saturated carbocycles. The lowest BCUT2D eigenvalue weighted by Crippen LogP contribution is -2.30. The molecule has 0 aliphatic heterocycles. The quantitative estimate of drug-likeness (QED) is 0.450. The highest BCUT2D eigenvalue weighted by Gasteiger charge is 2.50. The Morgan fingerprint density at radius 2 is 1.57 bits per heavy atom. The van der Waals surface area contributed by atoms with Crippen molar-refractivity contribution in [3.05, 3.63) is 96.7 Å². The first-order chi connectivity index (χ1) is 13.8. The van der Waals surface area contributed by atoms with Crippen molar-refractivity contribution >= 4 is 10.9 Å². The summed E-state index contributed by atoms with van der Waals surface area (Å²) in [6.07, 6.45) is 4.83. The maximum absolute atomic E-state index is 3.45. The van der Waals surface area contributed by atoms with E-state index in [1.165, 1.54) is 40.4 Å². The van der Waals surface area contributed by atoms with Crippen LogP contribution in [0.3, 0.4) is 0 Å². The van der Waals surface area contributed by atoms with Crippen molar-refractivity contribution in [1.29, 1.82) is 0 Å². The number of benzene rings is 3. The Kier molecular flexibility index (Phi) is 4.29. The Morgan fingerprint density at radius 3 is 2.25 bits per heavy atom. The van der Waals surface area contributed by atoms with Gasteiger partial charge in [-0.2, -0.15) is 0 Å². The van der Waals surface area contributed by atoms with Crippen LogP contribution in [0.1, 0.15) is 24.4 Å². The fraction of sp³-hybridized carbons (Fsp3) is 0.231. The van der Waals surface area contributed by atoms with Crippen LogP contribution in [-0.2, 0) is 0 Å². The van der Waals surface area contributed by atoms with E-state index in [2.05, 4.69) is 108 Å². The van der Waals surface area contributed by atoms with Gasteiger partial charge in [0.1, 0.15) is 0 Å². The first kappa shape index (κ1) is 17.3. The van der Waals surface area contributed by atoms with Crippen molar-refractivity contribution in [2.45, 2.75) is 18.9 Å². The number of rotatable bonds is 6. The molecule has 4 aromatic rings. The first-order valence-corrected chi connectivity index (χ1v) is 10.2. The average Bonchev–Trinajstić information content (AvgIpc) is 3.40. The largest absolute Gasteiger partial charge is 0.339 e. The number of nitrogens with zero attached hydrogens (tertiary/aromatic N) is 1. The van der Waals surface area contributed by atoms with Crippen molar-refractivity contribution < 1.29 is 0 Å². The van der Waals surface area contributed by atoms with Crippen molar-refractivity contribution in [2.75, 3.05) is 13.6 Å². The molecule has 1 N–H and O–H groups in total. The summed E-state index contributed by atoms with van der Waals surface area (Å²) < 4.78 is 2.52. The van der Waals surface area contributed by atoms with Gasteiger partial charge in [0.05, 0.1) is 6.04 Å². The van der Waals surface area contributed by atoms with Crippen LogP contribution in [0.2, 0.25) is 0 Å². The molecule has 1 atom stereocenters. The highest BCUT2D eigenvalue weighted by Crippen LogP contribution is 2.56. The van der Waals surface area contributed by atoms with Gasteiger partial charge in [-0.05, 0) is 48.7 Å². The van der Waals surface area contributed by atoms with E-state index in [-0.39, 0.29) is 0 Å². The van der Waals surface area contributed by atoms with Gasteiger partial charge in [0.2, 0.25) is 0 Å². The summed E-state index contributed by atoms with van der Waals surface area (Å²) in [7, 11) is 2.07. The van der Waals surface area contributed by atoms with Gasteiger partial charge in [-0.15, -0.1) is 0 Å². The zero-order valence-electron chi connectivity index (χ0n) is 16.3. The van der Waals surface area contributed by atoms with E-state index in [0.717, 1.165) is 6.54 Å². The monoisotopic (exact) mass is 366 g/mol. The maximum Gasteiger partial charge on any atom is 0.0654 e. The molecule has 2 heteroatoms. The van der Waals surface area contributed by atoms with Gasteiger partial charge in [0.25, 0.3) is 0 Å². The van der Waals surface area contributed by atoms with Gasteiger partial charge in [0, 0.05) is 29.1 Å². The van der Waals surface area contributed by atoms with Crippen molar-refractivity contribution in [1.82, 2.24) is 9.88 Å². The Hall–Kier alpha value is -2.84. The molecule has 1 heterocycles. The third-order valence-electron chi connectivity index (χ3n) is 6.24. The molecule has 3 aromatic carbocycles. The van der Waals surface area contributed by atoms with E-state index in [4.69, 9.17) is 0 Å². The minimum atomic E-state index is 0.296. The molecule has 1 aliphatic carbocycles. The summed E-state index contributed by atoms with van der Waals surface area (Å²) in [5.41, 5.74) is 5.60. The van der Waals surface area contributed by atoms with E-state index >= 15 is 0 Å². The molecule has 0 amide bonds. The third-order valence-corrected chi connectivity index (χ3v) is 6.24. The molecule has 0 spiro atoms. The maximum atomic E-state index is 3.45. The molecule has 0 saturated heterocycles. The molecule has 1 aliphatic rings. The summed E-state index contributed by atoms with van der Waals surface area (Å²) in [5, 5.41) is 4.78. The normalized spacial score (nSPS) is 16.2. The predicted octanol–water partition coefficient (Wildman–Crippen LogP) is 5.90. The Morgan fingerprint density at radius 1 is 0.857 bits per heavy atom. The lowest BCUT2D eigenvalue weighted by molar-refractivity contribution is 0.350. The number of hydrogen-bond acceptors (Lipinski definition) is 1. The summed E-state index contributed by atoms with van der Waals surface area (Å²) in [6.45, 7) is 1.05. The number of hydrogen-bond donors (Lipinski definition) is 1. The lowest BCUT2D eigenvalue weighted by Gasteiger charge is -2.30. The van der Waals surface area contributed by atoms with Crippen LogP contribution in [-0.4, -0.2) is 18.2 Å². The fourth-order valence-corrected chi connectivity index (χ4v) is 4.79. The zero-order chi connectivity index (χ0) is 19.0.